The summed E-state index contributed by atoms with van der Waals surface area (Å²) in [5, 5.41) is 3.87. The summed E-state index contributed by atoms with van der Waals surface area (Å²) in [7, 11) is -3.57. The summed E-state index contributed by atoms with van der Waals surface area (Å²) >= 11 is 3.30. The van der Waals surface area contributed by atoms with Gasteiger partial charge in [0, 0.05) is 37.1 Å². The van der Waals surface area contributed by atoms with Crippen molar-refractivity contribution in [2.75, 3.05) is 26.2 Å². The number of sulfonamides is 1. The number of carbonyl (C=O) groups is 1. The van der Waals surface area contributed by atoms with Gasteiger partial charge in [0.1, 0.15) is 11.3 Å². The van der Waals surface area contributed by atoms with E-state index in [1.54, 1.807) is 36.1 Å². The summed E-state index contributed by atoms with van der Waals surface area (Å²) in [5.74, 6) is 0.414. The molecule has 1 aliphatic heterocycles. The Balaban J connectivity index is 1.73. The first kappa shape index (κ1) is 19.1. The van der Waals surface area contributed by atoms with Gasteiger partial charge in [0.15, 0.2) is 0 Å². The van der Waals surface area contributed by atoms with Crippen LogP contribution in [-0.2, 0) is 16.4 Å². The number of nitrogens with zero attached hydrogens (tertiary/aromatic N) is 3. The molecule has 0 unspecified atom stereocenters. The van der Waals surface area contributed by atoms with Crippen LogP contribution in [0.25, 0.3) is 0 Å². The number of hydrogen-bond acceptors (Lipinski definition) is 5. The molecule has 9 heteroatoms. The van der Waals surface area contributed by atoms with Crippen LogP contribution < -0.4 is 0 Å². The van der Waals surface area contributed by atoms with Crippen molar-refractivity contribution >= 4 is 31.9 Å². The molecule has 1 aliphatic rings. The fourth-order valence-corrected chi connectivity index (χ4v) is 5.02. The Morgan fingerprint density at radius 2 is 1.96 bits per heavy atom. The highest BCUT2D eigenvalue weighted by molar-refractivity contribution is 9.10. The Morgan fingerprint density at radius 1 is 1.27 bits per heavy atom. The van der Waals surface area contributed by atoms with E-state index in [0.29, 0.717) is 41.0 Å². The zero-order valence-corrected chi connectivity index (χ0v) is 17.0. The van der Waals surface area contributed by atoms with Crippen molar-refractivity contribution in [1.29, 1.82) is 0 Å². The molecule has 0 saturated carbocycles. The van der Waals surface area contributed by atoms with Crippen molar-refractivity contribution in [2.45, 2.75) is 25.2 Å². The highest BCUT2D eigenvalue weighted by atomic mass is 79.9. The highest BCUT2D eigenvalue weighted by Gasteiger charge is 2.32. The standard InChI is InChI=1S/C17H20BrN3O4S/c1-3-15-16(12(2)19-25-15)17(22)20-7-9-21(10-8-20)26(23,24)14-6-4-5-13(18)11-14/h4-6,11H,3,7-10H2,1-2H3. The topological polar surface area (TPSA) is 83.7 Å². The van der Waals surface area contributed by atoms with Crippen molar-refractivity contribution in [3.63, 3.8) is 0 Å². The number of halogens is 1. The predicted octanol–water partition coefficient (Wildman–Crippen LogP) is 2.45. The fraction of sp³-hybridized carbons (Fsp3) is 0.412. The summed E-state index contributed by atoms with van der Waals surface area (Å²) in [4.78, 5) is 14.7. The molecule has 0 aliphatic carbocycles. The van der Waals surface area contributed by atoms with Crippen LogP contribution in [0, 0.1) is 6.92 Å². The van der Waals surface area contributed by atoms with Crippen LogP contribution in [0.4, 0.5) is 0 Å². The van der Waals surface area contributed by atoms with Gasteiger partial charge in [-0.15, -0.1) is 0 Å². The first-order chi connectivity index (χ1) is 12.3. The second kappa shape index (κ2) is 7.50. The van der Waals surface area contributed by atoms with Crippen LogP contribution in [-0.4, -0.2) is 54.9 Å². The maximum absolute atomic E-state index is 12.8. The Labute approximate surface area is 161 Å². The van der Waals surface area contributed by atoms with E-state index < -0.39 is 10.0 Å². The lowest BCUT2D eigenvalue weighted by Crippen LogP contribution is -2.50. The first-order valence-corrected chi connectivity index (χ1v) is 10.6. The second-order valence-electron chi connectivity index (χ2n) is 6.07. The number of piperazine rings is 1. The average molecular weight is 442 g/mol. The lowest BCUT2D eigenvalue weighted by molar-refractivity contribution is 0.0695. The molecule has 0 bridgehead atoms. The van der Waals surface area contributed by atoms with E-state index in [1.807, 2.05) is 6.92 Å². The van der Waals surface area contributed by atoms with Gasteiger partial charge < -0.3 is 9.42 Å². The molecule has 0 N–H and O–H groups in total. The molecule has 26 heavy (non-hydrogen) atoms. The van der Waals surface area contributed by atoms with E-state index in [-0.39, 0.29) is 23.9 Å². The number of aromatic nitrogens is 1. The average Bonchev–Trinajstić information content (AvgIpc) is 3.02. The highest BCUT2D eigenvalue weighted by Crippen LogP contribution is 2.23. The molecule has 140 valence electrons. The predicted molar refractivity (Wildman–Crippen MR) is 99.4 cm³/mol. The molecular formula is C17H20BrN3O4S. The smallest absolute Gasteiger partial charge is 0.259 e. The fourth-order valence-electron chi connectivity index (χ4n) is 3.00. The largest absolute Gasteiger partial charge is 0.360 e. The molecule has 7 nitrogen and oxygen atoms in total. The summed E-state index contributed by atoms with van der Waals surface area (Å²) in [6, 6.07) is 6.63. The Hall–Kier alpha value is -1.71. The van der Waals surface area contributed by atoms with Crippen molar-refractivity contribution < 1.29 is 17.7 Å². The van der Waals surface area contributed by atoms with E-state index >= 15 is 0 Å². The number of amides is 1. The SMILES string of the molecule is CCc1onc(C)c1C(=O)N1CCN(S(=O)(=O)c2cccc(Br)c2)CC1. The molecule has 1 saturated heterocycles. The Morgan fingerprint density at radius 3 is 2.58 bits per heavy atom. The van der Waals surface area contributed by atoms with E-state index in [4.69, 9.17) is 4.52 Å². The van der Waals surface area contributed by atoms with Gasteiger partial charge in [-0.25, -0.2) is 8.42 Å². The van der Waals surface area contributed by atoms with Crippen molar-refractivity contribution in [3.05, 3.63) is 45.8 Å². The van der Waals surface area contributed by atoms with Gasteiger partial charge in [-0.2, -0.15) is 4.31 Å². The van der Waals surface area contributed by atoms with E-state index in [1.165, 1.54) is 4.31 Å². The molecule has 3 rings (SSSR count). The molecule has 2 aromatic rings. The van der Waals surface area contributed by atoms with Crippen LogP contribution in [0.5, 0.6) is 0 Å². The number of benzene rings is 1. The minimum absolute atomic E-state index is 0.153. The summed E-state index contributed by atoms with van der Waals surface area (Å²) in [6.45, 7) is 4.82. The van der Waals surface area contributed by atoms with Crippen LogP contribution in [0.1, 0.15) is 28.7 Å². The quantitative estimate of drug-likeness (QED) is 0.727. The van der Waals surface area contributed by atoms with Crippen LogP contribution in [0.2, 0.25) is 0 Å². The number of carbonyl (C=O) groups excluding carboxylic acids is 1. The summed E-state index contributed by atoms with van der Waals surface area (Å²) < 4.78 is 32.9. The van der Waals surface area contributed by atoms with Gasteiger partial charge in [-0.3, -0.25) is 4.79 Å². The van der Waals surface area contributed by atoms with Gasteiger partial charge in [0.05, 0.1) is 10.6 Å². The Bertz CT molecular complexity index is 918. The molecule has 0 spiro atoms. The van der Waals surface area contributed by atoms with Crippen molar-refractivity contribution in [2.24, 2.45) is 0 Å². The number of aryl methyl sites for hydroxylation is 2. The number of rotatable bonds is 4. The summed E-state index contributed by atoms with van der Waals surface area (Å²) in [5.41, 5.74) is 1.06. The zero-order valence-electron chi connectivity index (χ0n) is 14.6. The van der Waals surface area contributed by atoms with Gasteiger partial charge in [0.2, 0.25) is 10.0 Å². The molecule has 1 aromatic carbocycles. The molecule has 1 fully saturated rings. The maximum atomic E-state index is 12.8. The van der Waals surface area contributed by atoms with Crippen LogP contribution in [0.3, 0.4) is 0 Å². The van der Waals surface area contributed by atoms with Crippen molar-refractivity contribution in [3.8, 4) is 0 Å². The first-order valence-electron chi connectivity index (χ1n) is 8.34. The van der Waals surface area contributed by atoms with Gasteiger partial charge >= 0.3 is 0 Å². The molecule has 1 amide bonds. The minimum Gasteiger partial charge on any atom is -0.360 e. The third-order valence-electron chi connectivity index (χ3n) is 4.43. The van der Waals surface area contributed by atoms with E-state index in [0.717, 1.165) is 0 Å². The van der Waals surface area contributed by atoms with Crippen molar-refractivity contribution in [1.82, 2.24) is 14.4 Å². The van der Waals surface area contributed by atoms with Gasteiger partial charge in [-0.1, -0.05) is 34.1 Å². The van der Waals surface area contributed by atoms with Crippen LogP contribution >= 0.6 is 15.9 Å². The minimum atomic E-state index is -3.57. The molecular weight excluding hydrogens is 422 g/mol. The monoisotopic (exact) mass is 441 g/mol. The third-order valence-corrected chi connectivity index (χ3v) is 6.82. The lowest BCUT2D eigenvalue weighted by Gasteiger charge is -2.34. The molecule has 2 heterocycles. The third kappa shape index (κ3) is 3.56. The lowest BCUT2D eigenvalue weighted by atomic mass is 10.1. The molecule has 1 aromatic heterocycles. The zero-order chi connectivity index (χ0) is 18.9. The van der Waals surface area contributed by atoms with E-state index in [9.17, 15) is 13.2 Å². The Kier molecular flexibility index (Phi) is 5.50. The normalized spacial score (nSPS) is 16.0. The summed E-state index contributed by atoms with van der Waals surface area (Å²) in [6.07, 6.45) is 0.582. The second-order valence-corrected chi connectivity index (χ2v) is 8.93. The molecule has 0 radical (unpaired) electrons. The van der Waals surface area contributed by atoms with Crippen LogP contribution in [0.15, 0.2) is 38.2 Å². The maximum Gasteiger partial charge on any atom is 0.259 e. The van der Waals surface area contributed by atoms with E-state index in [2.05, 4.69) is 21.1 Å². The molecule has 0 atom stereocenters. The number of hydrogen-bond donors (Lipinski definition) is 0. The van der Waals surface area contributed by atoms with Gasteiger partial charge in [-0.05, 0) is 25.1 Å². The van der Waals surface area contributed by atoms with Gasteiger partial charge in [0.25, 0.3) is 5.91 Å².